The molecule has 1 aliphatic rings. The Kier molecular flexibility index (Phi) is 4.54. The minimum absolute atomic E-state index is 0.0156. The number of carbonyl (C=O) groups excluding carboxylic acids is 1. The summed E-state index contributed by atoms with van der Waals surface area (Å²) in [4.78, 5) is 15.8. The summed E-state index contributed by atoms with van der Waals surface area (Å²) in [5.41, 5.74) is 4.62. The van der Waals surface area contributed by atoms with Crippen molar-refractivity contribution >= 4 is 11.6 Å². The molecule has 0 aliphatic carbocycles. The number of likely N-dealkylation sites (N-methyl/N-ethyl adjacent to an activating group) is 1. The monoisotopic (exact) mass is 283 g/mol. The van der Waals surface area contributed by atoms with Crippen LogP contribution in [0, 0.1) is 11.6 Å². The van der Waals surface area contributed by atoms with Crippen molar-refractivity contribution in [3.63, 3.8) is 0 Å². The van der Waals surface area contributed by atoms with Crippen LogP contribution >= 0.6 is 0 Å². The average Bonchev–Trinajstić information content (AvgIpc) is 2.94. The first-order valence-corrected chi connectivity index (χ1v) is 6.71. The van der Waals surface area contributed by atoms with Crippen molar-refractivity contribution in [3.05, 3.63) is 29.3 Å². The van der Waals surface area contributed by atoms with Gasteiger partial charge in [0, 0.05) is 25.7 Å². The molecule has 1 fully saturated rings. The zero-order chi connectivity index (χ0) is 14.7. The Morgan fingerprint density at radius 2 is 1.85 bits per heavy atom. The number of anilines is 1. The molecule has 2 rings (SSSR count). The van der Waals surface area contributed by atoms with E-state index in [0.717, 1.165) is 31.8 Å². The first-order valence-electron chi connectivity index (χ1n) is 6.71. The predicted octanol–water partition coefficient (Wildman–Crippen LogP) is 1.71. The van der Waals surface area contributed by atoms with Gasteiger partial charge in [0.1, 0.15) is 17.3 Å². The molecule has 1 aromatic carbocycles. The fourth-order valence-corrected chi connectivity index (χ4v) is 2.33. The van der Waals surface area contributed by atoms with Gasteiger partial charge in [0.05, 0.1) is 0 Å². The van der Waals surface area contributed by atoms with Gasteiger partial charge in [-0.1, -0.05) is 0 Å². The number of nitrogen functional groups attached to an aromatic ring is 1. The minimum Gasteiger partial charge on any atom is -0.394 e. The van der Waals surface area contributed by atoms with E-state index in [-0.39, 0.29) is 5.56 Å². The molecule has 1 saturated heterocycles. The van der Waals surface area contributed by atoms with Gasteiger partial charge in [0.25, 0.3) is 5.91 Å². The number of halogens is 2. The Bertz CT molecular complexity index is 478. The summed E-state index contributed by atoms with van der Waals surface area (Å²) in [5, 5.41) is 0. The van der Waals surface area contributed by atoms with Crippen LogP contribution in [-0.2, 0) is 0 Å². The second-order valence-corrected chi connectivity index (χ2v) is 5.13. The van der Waals surface area contributed by atoms with Crippen molar-refractivity contribution in [2.75, 3.05) is 39.0 Å². The van der Waals surface area contributed by atoms with Gasteiger partial charge in [0.2, 0.25) is 0 Å². The van der Waals surface area contributed by atoms with Gasteiger partial charge in [-0.25, -0.2) is 8.78 Å². The Hall–Kier alpha value is -1.69. The van der Waals surface area contributed by atoms with Gasteiger partial charge in [-0.3, -0.25) is 4.79 Å². The number of hydrogen-bond donors (Lipinski definition) is 1. The molecule has 0 saturated carbocycles. The van der Waals surface area contributed by atoms with Gasteiger partial charge in [-0.15, -0.1) is 0 Å². The van der Waals surface area contributed by atoms with Crippen molar-refractivity contribution in [2.24, 2.45) is 0 Å². The molecule has 4 nitrogen and oxygen atoms in total. The van der Waals surface area contributed by atoms with Crippen LogP contribution in [0.3, 0.4) is 0 Å². The first kappa shape index (κ1) is 14.7. The fourth-order valence-electron chi connectivity index (χ4n) is 2.33. The van der Waals surface area contributed by atoms with E-state index >= 15 is 0 Å². The summed E-state index contributed by atoms with van der Waals surface area (Å²) in [6.45, 7) is 3.41. The standard InChI is InChI=1S/C14H19F2N3O/c1-18(6-7-19-4-2-3-5-19)14(20)10-8-11(15)13(17)12(16)9-10/h8-9H,2-7,17H2,1H3. The molecule has 1 aliphatic heterocycles. The summed E-state index contributed by atoms with van der Waals surface area (Å²) in [6, 6.07) is 1.96. The van der Waals surface area contributed by atoms with Crippen LogP contribution in [0.25, 0.3) is 0 Å². The normalized spacial score (nSPS) is 15.6. The maximum Gasteiger partial charge on any atom is 0.253 e. The Labute approximate surface area is 117 Å². The summed E-state index contributed by atoms with van der Waals surface area (Å²) in [7, 11) is 1.63. The lowest BCUT2D eigenvalue weighted by atomic mass is 10.1. The topological polar surface area (TPSA) is 49.6 Å². The van der Waals surface area contributed by atoms with Crippen LogP contribution < -0.4 is 5.73 Å². The number of amides is 1. The number of rotatable bonds is 4. The minimum atomic E-state index is -0.902. The molecule has 0 spiro atoms. The molecule has 6 heteroatoms. The number of carbonyl (C=O) groups is 1. The summed E-state index contributed by atoms with van der Waals surface area (Å²) in [6.07, 6.45) is 2.37. The van der Waals surface area contributed by atoms with Crippen molar-refractivity contribution in [1.29, 1.82) is 0 Å². The van der Waals surface area contributed by atoms with E-state index in [0.29, 0.717) is 6.54 Å². The van der Waals surface area contributed by atoms with E-state index in [1.807, 2.05) is 0 Å². The highest BCUT2D eigenvalue weighted by Gasteiger charge is 2.18. The summed E-state index contributed by atoms with van der Waals surface area (Å²) >= 11 is 0. The molecule has 20 heavy (non-hydrogen) atoms. The van der Waals surface area contributed by atoms with Gasteiger partial charge in [-0.2, -0.15) is 0 Å². The molecular weight excluding hydrogens is 264 g/mol. The van der Waals surface area contributed by atoms with Crippen LogP contribution in [0.5, 0.6) is 0 Å². The Balaban J connectivity index is 1.99. The lowest BCUT2D eigenvalue weighted by Gasteiger charge is -2.21. The number of hydrogen-bond acceptors (Lipinski definition) is 3. The largest absolute Gasteiger partial charge is 0.394 e. The Morgan fingerprint density at radius 3 is 2.40 bits per heavy atom. The molecule has 2 N–H and O–H groups in total. The van der Waals surface area contributed by atoms with Crippen molar-refractivity contribution in [1.82, 2.24) is 9.80 Å². The summed E-state index contributed by atoms with van der Waals surface area (Å²) in [5.74, 6) is -2.20. The van der Waals surface area contributed by atoms with Crippen LogP contribution in [0.4, 0.5) is 14.5 Å². The third-order valence-electron chi connectivity index (χ3n) is 3.62. The molecule has 110 valence electrons. The molecule has 0 radical (unpaired) electrons. The maximum atomic E-state index is 13.4. The number of nitrogens with zero attached hydrogens (tertiary/aromatic N) is 2. The lowest BCUT2D eigenvalue weighted by Crippen LogP contribution is -2.35. The predicted molar refractivity (Wildman–Crippen MR) is 73.4 cm³/mol. The van der Waals surface area contributed by atoms with Crippen LogP contribution in [0.15, 0.2) is 12.1 Å². The van der Waals surface area contributed by atoms with Gasteiger partial charge < -0.3 is 15.5 Å². The molecule has 0 unspecified atom stereocenters. The summed E-state index contributed by atoms with van der Waals surface area (Å²) < 4.78 is 26.7. The second-order valence-electron chi connectivity index (χ2n) is 5.13. The molecular formula is C14H19F2N3O. The third kappa shape index (κ3) is 3.25. The zero-order valence-corrected chi connectivity index (χ0v) is 11.5. The van der Waals surface area contributed by atoms with E-state index in [1.54, 1.807) is 7.05 Å². The van der Waals surface area contributed by atoms with E-state index < -0.39 is 23.2 Å². The molecule has 0 bridgehead atoms. The maximum absolute atomic E-state index is 13.4. The molecule has 0 aromatic heterocycles. The fraction of sp³-hybridized carbons (Fsp3) is 0.500. The van der Waals surface area contributed by atoms with Crippen molar-refractivity contribution in [2.45, 2.75) is 12.8 Å². The number of likely N-dealkylation sites (tertiary alicyclic amines) is 1. The van der Waals surface area contributed by atoms with Crippen molar-refractivity contribution < 1.29 is 13.6 Å². The Morgan fingerprint density at radius 1 is 1.30 bits per heavy atom. The SMILES string of the molecule is CN(CCN1CCCC1)C(=O)c1cc(F)c(N)c(F)c1. The molecule has 0 atom stereocenters. The van der Waals surface area contributed by atoms with Crippen LogP contribution in [0.2, 0.25) is 0 Å². The van der Waals surface area contributed by atoms with Gasteiger partial charge >= 0.3 is 0 Å². The van der Waals surface area contributed by atoms with Crippen LogP contribution in [0.1, 0.15) is 23.2 Å². The number of nitrogens with two attached hydrogens (primary N) is 1. The van der Waals surface area contributed by atoms with Gasteiger partial charge in [0.15, 0.2) is 0 Å². The average molecular weight is 283 g/mol. The van der Waals surface area contributed by atoms with E-state index in [4.69, 9.17) is 5.73 Å². The number of benzene rings is 1. The highest BCUT2D eigenvalue weighted by atomic mass is 19.1. The first-order chi connectivity index (χ1) is 9.49. The van der Waals surface area contributed by atoms with Gasteiger partial charge in [-0.05, 0) is 38.1 Å². The molecule has 1 amide bonds. The van der Waals surface area contributed by atoms with E-state index in [1.165, 1.54) is 17.7 Å². The van der Waals surface area contributed by atoms with E-state index in [2.05, 4.69) is 4.90 Å². The van der Waals surface area contributed by atoms with E-state index in [9.17, 15) is 13.6 Å². The molecule has 1 aromatic rings. The highest BCUT2D eigenvalue weighted by molar-refractivity contribution is 5.94. The third-order valence-corrected chi connectivity index (χ3v) is 3.62. The zero-order valence-electron chi connectivity index (χ0n) is 11.5. The second kappa shape index (κ2) is 6.17. The highest BCUT2D eigenvalue weighted by Crippen LogP contribution is 2.18. The van der Waals surface area contributed by atoms with Crippen molar-refractivity contribution in [3.8, 4) is 0 Å². The van der Waals surface area contributed by atoms with Crippen LogP contribution in [-0.4, -0.2) is 48.9 Å². The lowest BCUT2D eigenvalue weighted by molar-refractivity contribution is 0.0781. The molecule has 1 heterocycles. The smallest absolute Gasteiger partial charge is 0.253 e. The quantitative estimate of drug-likeness (QED) is 0.856.